The van der Waals surface area contributed by atoms with Gasteiger partial charge >= 0.3 is 0 Å². The zero-order valence-electron chi connectivity index (χ0n) is 13.1. The second-order valence-corrected chi connectivity index (χ2v) is 6.16. The first-order chi connectivity index (χ1) is 9.92. The van der Waals surface area contributed by atoms with Crippen molar-refractivity contribution in [3.63, 3.8) is 0 Å². The molecule has 0 atom stereocenters. The standard InChI is InChI=1S/C16H21N3OS/c1-9(2)13-8-21-16(19-13)20-14-7-10(3)12(6-11(14)4)15(17)18-5/h6-9H,1-5H3,(H2,17,18). The number of nitrogens with two attached hydrogens (primary N) is 1. The molecule has 0 unspecified atom stereocenters. The number of nitrogens with zero attached hydrogens (tertiary/aromatic N) is 2. The quantitative estimate of drug-likeness (QED) is 0.685. The lowest BCUT2D eigenvalue weighted by molar-refractivity contribution is 0.472. The van der Waals surface area contributed by atoms with E-state index in [1.165, 1.54) is 11.3 Å². The summed E-state index contributed by atoms with van der Waals surface area (Å²) in [6.45, 7) is 8.24. The number of hydrogen-bond donors (Lipinski definition) is 1. The molecule has 0 bridgehead atoms. The van der Waals surface area contributed by atoms with Gasteiger partial charge in [0.05, 0.1) is 5.69 Å². The van der Waals surface area contributed by atoms with Crippen LogP contribution in [0.2, 0.25) is 0 Å². The Morgan fingerprint density at radius 1 is 1.29 bits per heavy atom. The molecule has 0 aliphatic heterocycles. The van der Waals surface area contributed by atoms with E-state index >= 15 is 0 Å². The number of thiazole rings is 1. The summed E-state index contributed by atoms with van der Waals surface area (Å²) >= 11 is 1.52. The third-order valence-corrected chi connectivity index (χ3v) is 4.06. The zero-order chi connectivity index (χ0) is 15.6. The number of aliphatic imine (C=N–C) groups is 1. The van der Waals surface area contributed by atoms with E-state index in [1.807, 2.05) is 31.4 Å². The number of aryl methyl sites for hydroxylation is 2. The Bertz CT molecular complexity index is 674. The molecule has 0 fully saturated rings. The molecule has 0 radical (unpaired) electrons. The fourth-order valence-electron chi connectivity index (χ4n) is 1.97. The van der Waals surface area contributed by atoms with Crippen molar-refractivity contribution in [2.45, 2.75) is 33.6 Å². The summed E-state index contributed by atoms with van der Waals surface area (Å²) in [6.07, 6.45) is 0. The Morgan fingerprint density at radius 2 is 2.00 bits per heavy atom. The Kier molecular flexibility index (Phi) is 4.63. The summed E-state index contributed by atoms with van der Waals surface area (Å²) in [7, 11) is 1.69. The SMILES string of the molecule is CN=C(N)c1cc(C)c(Oc2nc(C(C)C)cs2)cc1C. The molecule has 2 rings (SSSR count). The van der Waals surface area contributed by atoms with Crippen molar-refractivity contribution in [2.24, 2.45) is 10.7 Å². The average molecular weight is 303 g/mol. The van der Waals surface area contributed by atoms with Gasteiger partial charge in [-0.1, -0.05) is 25.2 Å². The van der Waals surface area contributed by atoms with Gasteiger partial charge in [-0.25, -0.2) is 4.98 Å². The molecule has 1 aromatic carbocycles. The topological polar surface area (TPSA) is 60.5 Å². The van der Waals surface area contributed by atoms with Crippen molar-refractivity contribution < 1.29 is 4.74 Å². The third kappa shape index (κ3) is 3.42. The van der Waals surface area contributed by atoms with E-state index in [9.17, 15) is 0 Å². The first-order valence-corrected chi connectivity index (χ1v) is 7.77. The van der Waals surface area contributed by atoms with Gasteiger partial charge in [-0.05, 0) is 43.0 Å². The van der Waals surface area contributed by atoms with Gasteiger partial charge in [0.25, 0.3) is 5.19 Å². The summed E-state index contributed by atoms with van der Waals surface area (Å²) in [5.74, 6) is 1.76. The molecule has 0 saturated carbocycles. The molecule has 1 heterocycles. The molecular formula is C16H21N3OS. The largest absolute Gasteiger partial charge is 0.431 e. The Labute approximate surface area is 129 Å². The van der Waals surface area contributed by atoms with Crippen molar-refractivity contribution in [3.05, 3.63) is 39.9 Å². The Hall–Kier alpha value is -1.88. The van der Waals surface area contributed by atoms with Crippen LogP contribution in [0.15, 0.2) is 22.5 Å². The van der Waals surface area contributed by atoms with E-state index in [0.717, 1.165) is 28.1 Å². The monoisotopic (exact) mass is 303 g/mol. The lowest BCUT2D eigenvalue weighted by Gasteiger charge is -2.11. The van der Waals surface area contributed by atoms with Gasteiger partial charge in [0.2, 0.25) is 0 Å². The maximum atomic E-state index is 5.92. The highest BCUT2D eigenvalue weighted by molar-refractivity contribution is 7.11. The summed E-state index contributed by atoms with van der Waals surface area (Å²) in [4.78, 5) is 8.54. The molecule has 2 aromatic rings. The summed E-state index contributed by atoms with van der Waals surface area (Å²) in [5.41, 5.74) is 9.97. The van der Waals surface area contributed by atoms with E-state index in [-0.39, 0.29) is 0 Å². The van der Waals surface area contributed by atoms with Gasteiger partial charge in [0.15, 0.2) is 0 Å². The molecule has 0 amide bonds. The number of ether oxygens (including phenoxy) is 1. The normalized spacial score (nSPS) is 12.0. The predicted molar refractivity (Wildman–Crippen MR) is 88.8 cm³/mol. The second-order valence-electron chi connectivity index (χ2n) is 5.34. The van der Waals surface area contributed by atoms with E-state index in [1.54, 1.807) is 7.05 Å². The first-order valence-electron chi connectivity index (χ1n) is 6.89. The molecule has 0 spiro atoms. The minimum Gasteiger partial charge on any atom is -0.431 e. The van der Waals surface area contributed by atoms with E-state index in [2.05, 4.69) is 23.8 Å². The van der Waals surface area contributed by atoms with Crippen molar-refractivity contribution in [2.75, 3.05) is 7.05 Å². The van der Waals surface area contributed by atoms with Gasteiger partial charge in [-0.3, -0.25) is 4.99 Å². The second kappa shape index (κ2) is 6.26. The third-order valence-electron chi connectivity index (χ3n) is 3.33. The van der Waals surface area contributed by atoms with Crippen LogP contribution < -0.4 is 10.5 Å². The predicted octanol–water partition coefficient (Wildman–Crippen LogP) is 4.01. The van der Waals surface area contributed by atoms with Gasteiger partial charge in [-0.15, -0.1) is 0 Å². The highest BCUT2D eigenvalue weighted by Crippen LogP contribution is 2.31. The van der Waals surface area contributed by atoms with Crippen LogP contribution in [0.5, 0.6) is 10.9 Å². The summed E-state index contributed by atoms with van der Waals surface area (Å²) in [5, 5.41) is 2.71. The van der Waals surface area contributed by atoms with Crippen LogP contribution in [0.1, 0.15) is 42.1 Å². The van der Waals surface area contributed by atoms with Crippen LogP contribution in [0.4, 0.5) is 0 Å². The lowest BCUT2D eigenvalue weighted by Crippen LogP contribution is -2.14. The van der Waals surface area contributed by atoms with Crippen molar-refractivity contribution >= 4 is 17.2 Å². The number of benzene rings is 1. The van der Waals surface area contributed by atoms with Crippen LogP contribution in [0.25, 0.3) is 0 Å². The maximum Gasteiger partial charge on any atom is 0.278 e. The van der Waals surface area contributed by atoms with E-state index in [0.29, 0.717) is 16.9 Å². The van der Waals surface area contributed by atoms with Crippen molar-refractivity contribution in [3.8, 4) is 10.9 Å². The highest BCUT2D eigenvalue weighted by Gasteiger charge is 2.12. The molecule has 2 N–H and O–H groups in total. The van der Waals surface area contributed by atoms with Gasteiger partial charge in [-0.2, -0.15) is 0 Å². The molecule has 21 heavy (non-hydrogen) atoms. The van der Waals surface area contributed by atoms with Crippen molar-refractivity contribution in [1.82, 2.24) is 4.98 Å². The number of amidine groups is 1. The van der Waals surface area contributed by atoms with Crippen LogP contribution in [-0.2, 0) is 0 Å². The van der Waals surface area contributed by atoms with Crippen LogP contribution in [0.3, 0.4) is 0 Å². The zero-order valence-corrected chi connectivity index (χ0v) is 13.9. The minimum atomic E-state index is 0.407. The molecule has 0 aliphatic carbocycles. The number of aromatic nitrogens is 1. The van der Waals surface area contributed by atoms with E-state index < -0.39 is 0 Å². The van der Waals surface area contributed by atoms with E-state index in [4.69, 9.17) is 10.5 Å². The molecular weight excluding hydrogens is 282 g/mol. The van der Waals surface area contributed by atoms with Crippen LogP contribution >= 0.6 is 11.3 Å². The molecule has 0 aliphatic rings. The maximum absolute atomic E-state index is 5.92. The Morgan fingerprint density at radius 3 is 2.57 bits per heavy atom. The Balaban J connectivity index is 2.30. The number of hydrogen-bond acceptors (Lipinski definition) is 4. The van der Waals surface area contributed by atoms with Gasteiger partial charge in [0.1, 0.15) is 11.6 Å². The van der Waals surface area contributed by atoms with Crippen LogP contribution in [-0.4, -0.2) is 17.9 Å². The molecule has 5 heteroatoms. The molecule has 4 nitrogen and oxygen atoms in total. The summed E-state index contributed by atoms with van der Waals surface area (Å²) in [6, 6.07) is 3.99. The summed E-state index contributed by atoms with van der Waals surface area (Å²) < 4.78 is 5.92. The molecule has 1 aromatic heterocycles. The van der Waals surface area contributed by atoms with Crippen molar-refractivity contribution in [1.29, 1.82) is 0 Å². The average Bonchev–Trinajstić information content (AvgIpc) is 2.90. The smallest absolute Gasteiger partial charge is 0.278 e. The highest BCUT2D eigenvalue weighted by atomic mass is 32.1. The first kappa shape index (κ1) is 15.5. The molecule has 0 saturated heterocycles. The lowest BCUT2D eigenvalue weighted by atomic mass is 10.0. The number of rotatable bonds is 4. The van der Waals surface area contributed by atoms with Gasteiger partial charge < -0.3 is 10.5 Å². The molecule has 112 valence electrons. The van der Waals surface area contributed by atoms with Crippen LogP contribution in [0, 0.1) is 13.8 Å². The fraction of sp³-hybridized carbons (Fsp3) is 0.375. The minimum absolute atomic E-state index is 0.407. The fourth-order valence-corrected chi connectivity index (χ4v) is 2.81. The van der Waals surface area contributed by atoms with Gasteiger partial charge in [0, 0.05) is 18.0 Å².